The Labute approximate surface area is 199 Å². The Morgan fingerprint density at radius 2 is 2.18 bits per heavy atom. The molecular weight excluding hydrogens is 456 g/mol. The van der Waals surface area contributed by atoms with Crippen LogP contribution in [0.4, 0.5) is 5.13 Å². The first-order valence-corrected chi connectivity index (χ1v) is 11.9. The molecule has 1 atom stereocenters. The van der Waals surface area contributed by atoms with Crippen LogP contribution in [0.1, 0.15) is 40.3 Å². The summed E-state index contributed by atoms with van der Waals surface area (Å²) in [6, 6.07) is 5.57. The van der Waals surface area contributed by atoms with E-state index in [0.717, 1.165) is 24.1 Å². The summed E-state index contributed by atoms with van der Waals surface area (Å²) in [5, 5.41) is 7.09. The van der Waals surface area contributed by atoms with Crippen molar-refractivity contribution >= 4 is 33.9 Å². The Hall–Kier alpha value is -3.57. The van der Waals surface area contributed by atoms with E-state index in [4.69, 9.17) is 9.26 Å². The van der Waals surface area contributed by atoms with Gasteiger partial charge in [0.2, 0.25) is 5.91 Å². The second-order valence-electron chi connectivity index (χ2n) is 8.04. The molecule has 1 aliphatic heterocycles. The highest BCUT2D eigenvalue weighted by Gasteiger charge is 2.26. The third-order valence-electron chi connectivity index (χ3n) is 5.64. The van der Waals surface area contributed by atoms with Crippen molar-refractivity contribution in [1.29, 1.82) is 0 Å². The van der Waals surface area contributed by atoms with E-state index in [-0.39, 0.29) is 24.3 Å². The summed E-state index contributed by atoms with van der Waals surface area (Å²) in [5.74, 6) is 0.320. The molecular formula is C23H24N6O4S. The van der Waals surface area contributed by atoms with Gasteiger partial charge in [-0.25, -0.2) is 9.97 Å². The van der Waals surface area contributed by atoms with Crippen molar-refractivity contribution in [2.45, 2.75) is 38.3 Å². The molecule has 0 aromatic carbocycles. The maximum Gasteiger partial charge on any atom is 0.263 e. The third-order valence-corrected chi connectivity index (χ3v) is 6.66. The molecule has 34 heavy (non-hydrogen) atoms. The lowest BCUT2D eigenvalue weighted by Crippen LogP contribution is -2.37. The molecule has 0 radical (unpaired) electrons. The number of hydrogen-bond acceptors (Lipinski definition) is 8. The van der Waals surface area contributed by atoms with Gasteiger partial charge in [0.15, 0.2) is 5.13 Å². The fourth-order valence-electron chi connectivity index (χ4n) is 3.85. The van der Waals surface area contributed by atoms with Gasteiger partial charge in [-0.3, -0.25) is 14.5 Å². The SMILES string of the molecule is O=C(NCc1ccc2nccn2c1)c1cnc(N(CC2CCCO2)C(=O)CCc2ccno2)s1. The van der Waals surface area contributed by atoms with E-state index in [2.05, 4.69) is 20.4 Å². The molecule has 1 N–H and O–H groups in total. The number of pyridine rings is 1. The van der Waals surface area contributed by atoms with Crippen LogP contribution in [0.3, 0.4) is 0 Å². The number of thiazole rings is 1. The second-order valence-corrected chi connectivity index (χ2v) is 9.05. The van der Waals surface area contributed by atoms with Crippen molar-refractivity contribution in [3.05, 3.63) is 65.4 Å². The summed E-state index contributed by atoms with van der Waals surface area (Å²) in [5.41, 5.74) is 1.80. The van der Waals surface area contributed by atoms with E-state index >= 15 is 0 Å². The lowest BCUT2D eigenvalue weighted by molar-refractivity contribution is -0.119. The molecule has 0 spiro atoms. The number of carbonyl (C=O) groups excluding carboxylic acids is 2. The van der Waals surface area contributed by atoms with Crippen molar-refractivity contribution in [3.63, 3.8) is 0 Å². The van der Waals surface area contributed by atoms with Crippen LogP contribution < -0.4 is 10.2 Å². The zero-order chi connectivity index (χ0) is 23.3. The molecule has 1 saturated heterocycles. The lowest BCUT2D eigenvalue weighted by atomic mass is 10.2. The summed E-state index contributed by atoms with van der Waals surface area (Å²) in [6.45, 7) is 1.48. The van der Waals surface area contributed by atoms with Crippen LogP contribution in [0.25, 0.3) is 5.65 Å². The number of amides is 2. The van der Waals surface area contributed by atoms with Crippen molar-refractivity contribution in [2.24, 2.45) is 0 Å². The Kier molecular flexibility index (Phi) is 6.63. The number of nitrogens with one attached hydrogen (secondary N) is 1. The van der Waals surface area contributed by atoms with Crippen LogP contribution in [0.2, 0.25) is 0 Å². The molecule has 176 valence electrons. The zero-order valence-corrected chi connectivity index (χ0v) is 19.2. The molecule has 0 aliphatic carbocycles. The highest BCUT2D eigenvalue weighted by Crippen LogP contribution is 2.26. The molecule has 0 saturated carbocycles. The Morgan fingerprint density at radius 3 is 3.00 bits per heavy atom. The normalized spacial score (nSPS) is 15.6. The summed E-state index contributed by atoms with van der Waals surface area (Å²) in [4.78, 5) is 36.5. The quantitative estimate of drug-likeness (QED) is 0.392. The third kappa shape index (κ3) is 5.15. The number of aryl methyl sites for hydroxylation is 1. The number of imidazole rings is 1. The van der Waals surface area contributed by atoms with E-state index < -0.39 is 0 Å². The number of ether oxygens (including phenoxy) is 1. The number of hydrogen-bond donors (Lipinski definition) is 1. The molecule has 5 rings (SSSR count). The predicted octanol–water partition coefficient (Wildman–Crippen LogP) is 2.85. The van der Waals surface area contributed by atoms with Crippen LogP contribution in [0, 0.1) is 0 Å². The van der Waals surface area contributed by atoms with E-state index in [0.29, 0.717) is 41.9 Å². The minimum Gasteiger partial charge on any atom is -0.376 e. The van der Waals surface area contributed by atoms with E-state index in [1.807, 2.05) is 28.9 Å². The van der Waals surface area contributed by atoms with Gasteiger partial charge in [-0.2, -0.15) is 0 Å². The van der Waals surface area contributed by atoms with Gasteiger partial charge in [-0.15, -0.1) is 0 Å². The highest BCUT2D eigenvalue weighted by atomic mass is 32.1. The van der Waals surface area contributed by atoms with Crippen LogP contribution in [-0.4, -0.2) is 50.6 Å². The van der Waals surface area contributed by atoms with Gasteiger partial charge in [0, 0.05) is 50.7 Å². The van der Waals surface area contributed by atoms with Gasteiger partial charge >= 0.3 is 0 Å². The Balaban J connectivity index is 1.25. The summed E-state index contributed by atoms with van der Waals surface area (Å²) < 4.78 is 12.7. The largest absolute Gasteiger partial charge is 0.376 e. The first-order valence-electron chi connectivity index (χ1n) is 11.1. The van der Waals surface area contributed by atoms with Crippen LogP contribution >= 0.6 is 11.3 Å². The van der Waals surface area contributed by atoms with Gasteiger partial charge in [-0.05, 0) is 24.5 Å². The van der Waals surface area contributed by atoms with Crippen molar-refractivity contribution in [3.8, 4) is 0 Å². The first-order chi connectivity index (χ1) is 16.7. The number of fused-ring (bicyclic) bond motifs is 1. The molecule has 10 nitrogen and oxygen atoms in total. The lowest BCUT2D eigenvalue weighted by Gasteiger charge is -2.23. The molecule has 4 aromatic heterocycles. The molecule has 1 fully saturated rings. The minimum absolute atomic E-state index is 0.0338. The smallest absolute Gasteiger partial charge is 0.263 e. The van der Waals surface area contributed by atoms with Crippen LogP contribution in [0.15, 0.2) is 53.7 Å². The van der Waals surface area contributed by atoms with E-state index in [1.54, 1.807) is 23.4 Å². The maximum absolute atomic E-state index is 13.1. The molecule has 11 heteroatoms. The summed E-state index contributed by atoms with van der Waals surface area (Å²) in [6.07, 6.45) is 11.1. The summed E-state index contributed by atoms with van der Waals surface area (Å²) in [7, 11) is 0. The van der Waals surface area contributed by atoms with Gasteiger partial charge in [0.25, 0.3) is 5.91 Å². The zero-order valence-electron chi connectivity index (χ0n) is 18.4. The predicted molar refractivity (Wildman–Crippen MR) is 125 cm³/mol. The molecule has 0 bridgehead atoms. The molecule has 1 unspecified atom stereocenters. The average Bonchev–Trinajstić information content (AvgIpc) is 3.66. The summed E-state index contributed by atoms with van der Waals surface area (Å²) >= 11 is 1.20. The van der Waals surface area contributed by atoms with Crippen LogP contribution in [-0.2, 0) is 22.5 Å². The minimum atomic E-state index is -0.236. The first kappa shape index (κ1) is 22.2. The Morgan fingerprint density at radius 1 is 1.24 bits per heavy atom. The van der Waals surface area contributed by atoms with Crippen LogP contribution in [0.5, 0.6) is 0 Å². The van der Waals surface area contributed by atoms with Gasteiger partial charge < -0.3 is 19.0 Å². The van der Waals surface area contributed by atoms with Gasteiger partial charge in [0.1, 0.15) is 16.3 Å². The number of rotatable bonds is 9. The monoisotopic (exact) mass is 480 g/mol. The number of anilines is 1. The van der Waals surface area contributed by atoms with Crippen molar-refractivity contribution in [2.75, 3.05) is 18.1 Å². The van der Waals surface area contributed by atoms with Crippen molar-refractivity contribution in [1.82, 2.24) is 24.8 Å². The molecule has 5 heterocycles. The number of aromatic nitrogens is 4. The molecule has 1 aliphatic rings. The fourth-order valence-corrected chi connectivity index (χ4v) is 4.71. The molecule has 2 amide bonds. The number of nitrogens with zero attached hydrogens (tertiary/aromatic N) is 5. The standard InChI is InChI=1S/C23H24N6O4S/c30-21(6-4-17-7-8-27-33-17)29(15-18-2-1-11-32-18)23-26-13-19(34-23)22(31)25-12-16-3-5-20-24-9-10-28(20)14-16/h3,5,7-10,13-14,18H,1-2,4,6,11-12,15H2,(H,25,31). The fraction of sp³-hybridized carbons (Fsp3) is 0.348. The van der Waals surface area contributed by atoms with Crippen molar-refractivity contribution < 1.29 is 18.8 Å². The van der Waals surface area contributed by atoms with E-state index in [9.17, 15) is 9.59 Å². The van der Waals surface area contributed by atoms with Gasteiger partial charge in [0.05, 0.1) is 25.0 Å². The number of carbonyl (C=O) groups is 2. The average molecular weight is 481 g/mol. The second kappa shape index (κ2) is 10.1. The molecule has 4 aromatic rings. The van der Waals surface area contributed by atoms with E-state index in [1.165, 1.54) is 17.5 Å². The maximum atomic E-state index is 13.1. The highest BCUT2D eigenvalue weighted by molar-refractivity contribution is 7.17. The van der Waals surface area contributed by atoms with Gasteiger partial charge in [-0.1, -0.05) is 22.6 Å². The Bertz CT molecular complexity index is 1260. The topological polar surface area (TPSA) is 115 Å².